The van der Waals surface area contributed by atoms with Gasteiger partial charge in [-0.2, -0.15) is 0 Å². The molecule has 3 heteroatoms. The Morgan fingerprint density at radius 3 is 1.86 bits per heavy atom. The second-order valence-electron chi connectivity index (χ2n) is 1.00. The van der Waals surface area contributed by atoms with Crippen LogP contribution in [-0.4, -0.2) is 11.5 Å². The summed E-state index contributed by atoms with van der Waals surface area (Å²) >= 11 is 0.136. The molecule has 0 heterocycles. The van der Waals surface area contributed by atoms with Crippen LogP contribution in [0.3, 0.4) is 0 Å². The number of halogens is 1. The van der Waals surface area contributed by atoms with Crippen molar-refractivity contribution in [1.82, 2.24) is 0 Å². The van der Waals surface area contributed by atoms with Crippen molar-refractivity contribution in [3.8, 4) is 0 Å². The summed E-state index contributed by atoms with van der Waals surface area (Å²) < 4.78 is 0. The monoisotopic (exact) mass is 322 g/mol. The summed E-state index contributed by atoms with van der Waals surface area (Å²) in [4.78, 5) is 0. The van der Waals surface area contributed by atoms with Crippen molar-refractivity contribution in [3.63, 3.8) is 0 Å². The Labute approximate surface area is 59.0 Å². The first kappa shape index (κ1) is 8.38. The maximum atomic E-state index is 5.68. The zero-order chi connectivity index (χ0) is 5.70. The van der Waals surface area contributed by atoms with Crippen molar-refractivity contribution >= 4 is 17.0 Å². The third-order valence-electron chi connectivity index (χ3n) is 0.648. The Bertz CT molecular complexity index is 66.1. The molecule has 0 saturated heterocycles. The molecule has 0 spiro atoms. The van der Waals surface area contributed by atoms with E-state index >= 15 is 0 Å². The van der Waals surface area contributed by atoms with Crippen LogP contribution in [0.1, 0.15) is 13.8 Å². The van der Waals surface area contributed by atoms with Crippen molar-refractivity contribution in [2.75, 3.05) is 11.5 Å². The standard InChI is InChI=1S/C4H10S.Au.ClH/c1-3-5-4-2;;/h3-4H2,1-2H3;;1H/q;+1;/p-1. The molecule has 0 aromatic rings. The first-order valence-electron chi connectivity index (χ1n) is 2.23. The minimum absolute atomic E-state index is 0.136. The molecule has 0 aromatic carbocycles. The molecule has 0 aliphatic carbocycles. The van der Waals surface area contributed by atoms with Crippen molar-refractivity contribution < 1.29 is 16.8 Å². The Balaban J connectivity index is 3.38. The first-order chi connectivity index (χ1) is 3.35. The molecule has 0 radical (unpaired) electrons. The average molecular weight is 323 g/mol. The fraction of sp³-hybridized carbons (Fsp3) is 1.00. The van der Waals surface area contributed by atoms with Gasteiger partial charge in [-0.1, -0.05) is 0 Å². The summed E-state index contributed by atoms with van der Waals surface area (Å²) in [5, 5.41) is 0. The average Bonchev–Trinajstić information content (AvgIpc) is 1.72. The van der Waals surface area contributed by atoms with Crippen LogP contribution < -0.4 is 0 Å². The van der Waals surface area contributed by atoms with Gasteiger partial charge in [0.1, 0.15) is 0 Å². The fourth-order valence-corrected chi connectivity index (χ4v) is 5.46. The van der Waals surface area contributed by atoms with E-state index in [1.807, 2.05) is 0 Å². The third kappa shape index (κ3) is 3.92. The van der Waals surface area contributed by atoms with E-state index in [2.05, 4.69) is 13.8 Å². The van der Waals surface area contributed by atoms with Crippen molar-refractivity contribution in [3.05, 3.63) is 0 Å². The van der Waals surface area contributed by atoms with Crippen LogP contribution in [0.5, 0.6) is 0 Å². The number of rotatable bonds is 2. The zero-order valence-corrected chi connectivity index (χ0v) is 8.24. The molecule has 0 amide bonds. The van der Waals surface area contributed by atoms with Crippen LogP contribution >= 0.6 is 17.0 Å². The molecule has 0 aliphatic heterocycles. The van der Waals surface area contributed by atoms with Crippen LogP contribution in [0.15, 0.2) is 0 Å². The normalized spacial score (nSPS) is 10.9. The Hall–Kier alpha value is 1.38. The summed E-state index contributed by atoms with van der Waals surface area (Å²) in [6, 6.07) is 0. The molecule has 0 aromatic heterocycles. The molecule has 0 fully saturated rings. The summed E-state index contributed by atoms with van der Waals surface area (Å²) in [6.07, 6.45) is 0. The second-order valence-corrected chi connectivity index (χ2v) is 10.0. The molecular formula is C4H10AuClS. The third-order valence-corrected chi connectivity index (χ3v) is 10.3. The predicted molar refractivity (Wildman–Crippen MR) is 34.5 cm³/mol. The fourth-order valence-electron chi connectivity index (χ4n) is 0.270. The Morgan fingerprint density at radius 1 is 1.43 bits per heavy atom. The predicted octanol–water partition coefficient (Wildman–Crippen LogP) is 2.45. The quantitative estimate of drug-likeness (QED) is 0.685. The Kier molecular flexibility index (Phi) is 6.60. The minimum atomic E-state index is 0.136. The van der Waals surface area contributed by atoms with Crippen LogP contribution in [-0.2, 0) is 16.8 Å². The molecular weight excluding hydrogens is 313 g/mol. The SMILES string of the molecule is CC[S](CC)=[Au][Cl]. The van der Waals surface area contributed by atoms with E-state index in [1.54, 1.807) is 0 Å². The van der Waals surface area contributed by atoms with E-state index < -0.39 is 0 Å². The topological polar surface area (TPSA) is 0 Å². The second kappa shape index (κ2) is 5.52. The van der Waals surface area contributed by atoms with Gasteiger partial charge in [0.05, 0.1) is 0 Å². The van der Waals surface area contributed by atoms with Crippen LogP contribution in [0, 0.1) is 0 Å². The van der Waals surface area contributed by atoms with Gasteiger partial charge < -0.3 is 0 Å². The van der Waals surface area contributed by atoms with E-state index in [4.69, 9.17) is 9.19 Å². The zero-order valence-electron chi connectivity index (χ0n) is 4.50. The number of hydrogen-bond donors (Lipinski definition) is 0. The van der Waals surface area contributed by atoms with Gasteiger partial charge >= 0.3 is 59.2 Å². The van der Waals surface area contributed by atoms with Gasteiger partial charge in [-0.25, -0.2) is 0 Å². The molecule has 50 valence electrons. The Morgan fingerprint density at radius 2 is 1.86 bits per heavy atom. The molecule has 0 aliphatic rings. The van der Waals surface area contributed by atoms with Crippen molar-refractivity contribution in [2.45, 2.75) is 13.8 Å². The molecule has 0 nitrogen and oxygen atoms in total. The van der Waals surface area contributed by atoms with E-state index in [1.165, 1.54) is 11.5 Å². The maximum absolute atomic E-state index is 5.68. The molecule has 0 unspecified atom stereocenters. The van der Waals surface area contributed by atoms with Crippen LogP contribution in [0.25, 0.3) is 0 Å². The molecule has 7 heavy (non-hydrogen) atoms. The van der Waals surface area contributed by atoms with Crippen molar-refractivity contribution in [2.24, 2.45) is 0 Å². The van der Waals surface area contributed by atoms with E-state index in [-0.39, 0.29) is 16.8 Å². The van der Waals surface area contributed by atoms with Gasteiger partial charge in [0, 0.05) is 0 Å². The summed E-state index contributed by atoms with van der Waals surface area (Å²) in [6.45, 7) is 4.43. The van der Waals surface area contributed by atoms with Crippen molar-refractivity contribution in [1.29, 1.82) is 0 Å². The summed E-state index contributed by atoms with van der Waals surface area (Å²) in [5.41, 5.74) is 0. The summed E-state index contributed by atoms with van der Waals surface area (Å²) in [7, 11) is 6.29. The van der Waals surface area contributed by atoms with Gasteiger partial charge in [0.15, 0.2) is 0 Å². The van der Waals surface area contributed by atoms with Gasteiger partial charge in [0.25, 0.3) is 0 Å². The van der Waals surface area contributed by atoms with Gasteiger partial charge in [-0.05, 0) is 0 Å². The molecule has 0 bridgehead atoms. The van der Waals surface area contributed by atoms with Crippen LogP contribution in [0.2, 0.25) is 0 Å². The number of hydrogen-bond acceptors (Lipinski definition) is 0. The van der Waals surface area contributed by atoms with E-state index in [0.717, 1.165) is 0 Å². The van der Waals surface area contributed by atoms with E-state index in [0.29, 0.717) is 7.84 Å². The molecule has 0 atom stereocenters. The first-order valence-corrected chi connectivity index (χ1v) is 8.97. The molecule has 0 saturated carbocycles. The summed E-state index contributed by atoms with van der Waals surface area (Å²) in [5.74, 6) is 2.59. The van der Waals surface area contributed by atoms with Gasteiger partial charge in [-0.15, -0.1) is 0 Å². The molecule has 0 N–H and O–H groups in total. The van der Waals surface area contributed by atoms with E-state index in [9.17, 15) is 0 Å². The van der Waals surface area contributed by atoms with Gasteiger partial charge in [0.2, 0.25) is 0 Å². The molecule has 0 rings (SSSR count). The van der Waals surface area contributed by atoms with Gasteiger partial charge in [-0.3, -0.25) is 0 Å². The van der Waals surface area contributed by atoms with Crippen LogP contribution in [0.4, 0.5) is 0 Å².